The van der Waals surface area contributed by atoms with Gasteiger partial charge in [-0.15, -0.1) is 11.3 Å². The molecule has 0 saturated heterocycles. The Bertz CT molecular complexity index is 966. The number of carbonyl (C=O) groups excluding carboxylic acids is 1. The van der Waals surface area contributed by atoms with Crippen LogP contribution in [0.1, 0.15) is 10.4 Å². The Kier molecular flexibility index (Phi) is 5.97. The van der Waals surface area contributed by atoms with Crippen molar-refractivity contribution in [2.75, 3.05) is 12.4 Å². The molecular formula is C17H12F3N3O2S2. The fourth-order valence-electron chi connectivity index (χ4n) is 2.24. The molecule has 1 N–H and O–H groups in total. The summed E-state index contributed by atoms with van der Waals surface area (Å²) in [7, 11) is 1.45. The van der Waals surface area contributed by atoms with Gasteiger partial charge in [-0.2, -0.15) is 8.78 Å². The third-order valence-electron chi connectivity index (χ3n) is 3.38. The molecule has 2 heterocycles. The van der Waals surface area contributed by atoms with Crippen LogP contribution >= 0.6 is 23.1 Å². The number of carbonyl (C=O) groups is 1. The Morgan fingerprint density at radius 1 is 1.33 bits per heavy atom. The first-order valence-corrected chi connectivity index (χ1v) is 9.24. The molecule has 0 atom stereocenters. The van der Waals surface area contributed by atoms with Gasteiger partial charge in [0.15, 0.2) is 5.13 Å². The molecule has 140 valence electrons. The molecule has 0 fully saturated rings. The van der Waals surface area contributed by atoms with E-state index < -0.39 is 17.5 Å². The van der Waals surface area contributed by atoms with Gasteiger partial charge in [-0.1, -0.05) is 0 Å². The lowest BCUT2D eigenvalue weighted by molar-refractivity contribution is 0.102. The topological polar surface area (TPSA) is 64.1 Å². The van der Waals surface area contributed by atoms with Gasteiger partial charge in [0, 0.05) is 17.1 Å². The lowest BCUT2D eigenvalue weighted by Crippen LogP contribution is -2.13. The van der Waals surface area contributed by atoms with Gasteiger partial charge in [0.05, 0.1) is 18.4 Å². The third kappa shape index (κ3) is 4.58. The summed E-state index contributed by atoms with van der Waals surface area (Å²) in [4.78, 5) is 20.5. The van der Waals surface area contributed by atoms with E-state index in [9.17, 15) is 18.0 Å². The second kappa shape index (κ2) is 8.40. The van der Waals surface area contributed by atoms with Crippen LogP contribution in [-0.4, -0.2) is 28.7 Å². The Morgan fingerprint density at radius 3 is 2.89 bits per heavy atom. The van der Waals surface area contributed by atoms with Crippen molar-refractivity contribution in [1.29, 1.82) is 0 Å². The van der Waals surface area contributed by atoms with Crippen molar-refractivity contribution in [3.8, 4) is 17.0 Å². The molecular weight excluding hydrogens is 399 g/mol. The maximum Gasteiger partial charge on any atom is 0.290 e. The fourth-order valence-corrected chi connectivity index (χ4v) is 3.53. The van der Waals surface area contributed by atoms with E-state index in [4.69, 9.17) is 4.74 Å². The molecule has 0 saturated carbocycles. The van der Waals surface area contributed by atoms with Crippen LogP contribution < -0.4 is 10.1 Å². The lowest BCUT2D eigenvalue weighted by atomic mass is 10.1. The number of thioether (sulfide) groups is 1. The van der Waals surface area contributed by atoms with Gasteiger partial charge >= 0.3 is 0 Å². The molecule has 1 aromatic carbocycles. The zero-order chi connectivity index (χ0) is 19.4. The predicted molar refractivity (Wildman–Crippen MR) is 98.1 cm³/mol. The number of halogens is 3. The van der Waals surface area contributed by atoms with E-state index in [0.29, 0.717) is 17.0 Å². The summed E-state index contributed by atoms with van der Waals surface area (Å²) < 4.78 is 44.0. The largest absolute Gasteiger partial charge is 0.496 e. The second-order valence-corrected chi connectivity index (χ2v) is 6.91. The summed E-state index contributed by atoms with van der Waals surface area (Å²) in [6.07, 6.45) is 1.33. The first kappa shape index (κ1) is 19.2. The molecule has 0 aliphatic rings. The minimum absolute atomic E-state index is 0.0166. The molecule has 0 aliphatic heterocycles. The molecule has 0 spiro atoms. The normalized spacial score (nSPS) is 10.9. The average Bonchev–Trinajstić information content (AvgIpc) is 3.10. The zero-order valence-corrected chi connectivity index (χ0v) is 15.4. The average molecular weight is 411 g/mol. The van der Waals surface area contributed by atoms with Crippen molar-refractivity contribution in [3.05, 3.63) is 53.3 Å². The Balaban J connectivity index is 1.83. The number of aromatic nitrogens is 2. The number of methoxy groups -OCH3 is 1. The molecule has 10 heteroatoms. The maximum atomic E-state index is 13.5. The molecule has 3 aromatic rings. The molecule has 1 amide bonds. The quantitative estimate of drug-likeness (QED) is 0.584. The van der Waals surface area contributed by atoms with Crippen LogP contribution in [0.5, 0.6) is 5.75 Å². The van der Waals surface area contributed by atoms with E-state index in [1.807, 2.05) is 0 Å². The first-order chi connectivity index (χ1) is 13.0. The van der Waals surface area contributed by atoms with Gasteiger partial charge in [0.1, 0.15) is 16.6 Å². The van der Waals surface area contributed by atoms with Crippen LogP contribution in [0.2, 0.25) is 0 Å². The highest BCUT2D eigenvalue weighted by Crippen LogP contribution is 2.33. The van der Waals surface area contributed by atoms with E-state index in [0.717, 1.165) is 11.3 Å². The monoisotopic (exact) mass is 411 g/mol. The second-order valence-electron chi connectivity index (χ2n) is 5.07. The van der Waals surface area contributed by atoms with E-state index >= 15 is 0 Å². The number of pyridine rings is 1. The van der Waals surface area contributed by atoms with E-state index in [1.165, 1.54) is 43.6 Å². The van der Waals surface area contributed by atoms with Crippen molar-refractivity contribution in [2.24, 2.45) is 0 Å². The third-order valence-corrected chi connectivity index (χ3v) is 4.86. The van der Waals surface area contributed by atoms with Crippen LogP contribution in [0.15, 0.2) is 46.9 Å². The highest BCUT2D eigenvalue weighted by atomic mass is 32.2. The van der Waals surface area contributed by atoms with Crippen LogP contribution in [0, 0.1) is 5.82 Å². The van der Waals surface area contributed by atoms with Crippen molar-refractivity contribution in [2.45, 2.75) is 10.8 Å². The maximum absolute atomic E-state index is 13.5. The Morgan fingerprint density at radius 2 is 2.15 bits per heavy atom. The van der Waals surface area contributed by atoms with Gasteiger partial charge < -0.3 is 4.74 Å². The number of thiazole rings is 1. The van der Waals surface area contributed by atoms with E-state index in [2.05, 4.69) is 15.3 Å². The number of benzene rings is 1. The molecule has 0 aliphatic carbocycles. The molecule has 0 unspecified atom stereocenters. The number of rotatable bonds is 6. The van der Waals surface area contributed by atoms with Crippen molar-refractivity contribution < 1.29 is 22.7 Å². The van der Waals surface area contributed by atoms with E-state index in [-0.39, 0.29) is 27.5 Å². The summed E-state index contributed by atoms with van der Waals surface area (Å²) in [5.74, 6) is -3.33. The van der Waals surface area contributed by atoms with Crippen LogP contribution in [0.25, 0.3) is 11.3 Å². The smallest absolute Gasteiger partial charge is 0.290 e. The SMILES string of the molecule is COc1ccc(F)cc1-c1csc(NC(=O)c2cccnc2SC(F)F)n1. The van der Waals surface area contributed by atoms with Gasteiger partial charge in [-0.05, 0) is 42.1 Å². The predicted octanol–water partition coefficient (Wildman–Crippen LogP) is 4.92. The molecule has 3 rings (SSSR count). The minimum Gasteiger partial charge on any atom is -0.496 e. The summed E-state index contributed by atoms with van der Waals surface area (Å²) >= 11 is 1.31. The number of alkyl halides is 2. The molecule has 2 aromatic heterocycles. The van der Waals surface area contributed by atoms with E-state index in [1.54, 1.807) is 5.38 Å². The van der Waals surface area contributed by atoms with Crippen molar-refractivity contribution >= 4 is 34.1 Å². The summed E-state index contributed by atoms with van der Waals surface area (Å²) in [6, 6.07) is 6.90. The molecule has 0 bridgehead atoms. The summed E-state index contributed by atoms with van der Waals surface area (Å²) in [6.45, 7) is 0. The lowest BCUT2D eigenvalue weighted by Gasteiger charge is -2.07. The number of ether oxygens (including phenoxy) is 1. The van der Waals surface area contributed by atoms with Gasteiger partial charge in [0.2, 0.25) is 0 Å². The van der Waals surface area contributed by atoms with Gasteiger partial charge in [0.25, 0.3) is 11.7 Å². The van der Waals surface area contributed by atoms with Crippen LogP contribution in [-0.2, 0) is 0 Å². The Labute approximate surface area is 160 Å². The van der Waals surface area contributed by atoms with Gasteiger partial charge in [-0.3, -0.25) is 10.1 Å². The number of nitrogens with zero attached hydrogens (tertiary/aromatic N) is 2. The minimum atomic E-state index is -2.70. The number of hydrogen-bond acceptors (Lipinski definition) is 6. The molecule has 5 nitrogen and oxygen atoms in total. The number of amides is 1. The number of hydrogen-bond donors (Lipinski definition) is 1. The number of nitrogens with one attached hydrogen (secondary N) is 1. The van der Waals surface area contributed by atoms with Crippen LogP contribution in [0.4, 0.5) is 18.3 Å². The highest BCUT2D eigenvalue weighted by Gasteiger charge is 2.18. The van der Waals surface area contributed by atoms with Gasteiger partial charge in [-0.25, -0.2) is 14.4 Å². The number of anilines is 1. The Hall–Kier alpha value is -2.59. The van der Waals surface area contributed by atoms with Crippen LogP contribution in [0.3, 0.4) is 0 Å². The first-order valence-electron chi connectivity index (χ1n) is 7.48. The van der Waals surface area contributed by atoms with Crippen molar-refractivity contribution in [3.63, 3.8) is 0 Å². The summed E-state index contributed by atoms with van der Waals surface area (Å²) in [5.41, 5.74) is 0.868. The molecule has 0 radical (unpaired) electrons. The van der Waals surface area contributed by atoms with Crippen molar-refractivity contribution in [1.82, 2.24) is 9.97 Å². The standard InChI is InChI=1S/C17H12F3N3O2S2/c1-25-13-5-4-9(18)7-11(13)12-8-26-17(22-12)23-14(24)10-3-2-6-21-15(10)27-16(19)20/h2-8,16H,1H3,(H,22,23,24). The fraction of sp³-hybridized carbons (Fsp3) is 0.118. The summed E-state index contributed by atoms with van der Waals surface area (Å²) in [5, 5.41) is 4.34. The molecule has 27 heavy (non-hydrogen) atoms. The highest BCUT2D eigenvalue weighted by molar-refractivity contribution is 7.99. The zero-order valence-electron chi connectivity index (χ0n) is 13.8.